The van der Waals surface area contributed by atoms with Crippen LogP contribution in [-0.4, -0.2) is 33.1 Å². The first-order valence-corrected chi connectivity index (χ1v) is 6.60. The monoisotopic (exact) mass is 229 g/mol. The van der Waals surface area contributed by atoms with Crippen LogP contribution in [0.25, 0.3) is 0 Å². The molecule has 1 atom stereocenters. The molecule has 0 aromatic heterocycles. The lowest BCUT2D eigenvalue weighted by molar-refractivity contribution is -0.126. The summed E-state index contributed by atoms with van der Waals surface area (Å²) in [5.74, 6) is 0.863. The largest absolute Gasteiger partial charge is 0.354 e. The van der Waals surface area contributed by atoms with Gasteiger partial charge < -0.3 is 14.8 Å². The Labute approximate surface area is 99.9 Å². The fourth-order valence-electron chi connectivity index (χ4n) is 2.65. The lowest BCUT2D eigenvalue weighted by Gasteiger charge is -2.28. The van der Waals surface area contributed by atoms with E-state index in [1.165, 1.54) is 32.1 Å². The molecule has 0 aliphatic heterocycles. The van der Waals surface area contributed by atoms with Crippen LogP contribution < -0.4 is 5.32 Å². The highest BCUT2D eigenvalue weighted by atomic mass is 16.7. The Hall–Kier alpha value is -0.120. The molecule has 0 bridgehead atoms. The van der Waals surface area contributed by atoms with E-state index in [0.717, 1.165) is 18.9 Å². The minimum absolute atomic E-state index is 0.104. The third-order valence-electron chi connectivity index (χ3n) is 3.51. The molecule has 0 aromatic carbocycles. The van der Waals surface area contributed by atoms with Crippen molar-refractivity contribution < 1.29 is 9.47 Å². The van der Waals surface area contributed by atoms with Crippen LogP contribution in [0.5, 0.6) is 0 Å². The second kappa shape index (κ2) is 8.04. The van der Waals surface area contributed by atoms with Gasteiger partial charge in [0.25, 0.3) is 0 Å². The van der Waals surface area contributed by atoms with Gasteiger partial charge in [0.1, 0.15) is 0 Å². The molecule has 0 heterocycles. The van der Waals surface area contributed by atoms with Crippen molar-refractivity contribution >= 4 is 0 Å². The summed E-state index contributed by atoms with van der Waals surface area (Å²) >= 11 is 0. The second-order valence-corrected chi connectivity index (χ2v) is 4.79. The standard InChI is InChI=1S/C13H27NO2/c1-4-9-14-12(13(15-2)16-3)10-11-7-5-6-8-11/h11-14H,4-10H2,1-3H3. The molecule has 0 spiro atoms. The maximum Gasteiger partial charge on any atom is 0.171 e. The highest BCUT2D eigenvalue weighted by molar-refractivity contribution is 4.78. The molecular formula is C13H27NO2. The Morgan fingerprint density at radius 1 is 1.19 bits per heavy atom. The molecule has 1 fully saturated rings. The smallest absolute Gasteiger partial charge is 0.171 e. The van der Waals surface area contributed by atoms with E-state index in [4.69, 9.17) is 9.47 Å². The normalized spacial score (nSPS) is 19.5. The third-order valence-corrected chi connectivity index (χ3v) is 3.51. The third kappa shape index (κ3) is 4.40. The minimum atomic E-state index is -0.104. The van der Waals surface area contributed by atoms with E-state index < -0.39 is 0 Å². The van der Waals surface area contributed by atoms with Crippen molar-refractivity contribution in [3.63, 3.8) is 0 Å². The number of hydrogen-bond donors (Lipinski definition) is 1. The van der Waals surface area contributed by atoms with Gasteiger partial charge >= 0.3 is 0 Å². The van der Waals surface area contributed by atoms with E-state index in [9.17, 15) is 0 Å². The minimum Gasteiger partial charge on any atom is -0.354 e. The van der Waals surface area contributed by atoms with Crippen molar-refractivity contribution in [1.82, 2.24) is 5.32 Å². The Kier molecular flexibility index (Phi) is 7.01. The molecule has 16 heavy (non-hydrogen) atoms. The molecule has 1 saturated carbocycles. The highest BCUT2D eigenvalue weighted by Crippen LogP contribution is 2.29. The van der Waals surface area contributed by atoms with E-state index >= 15 is 0 Å². The van der Waals surface area contributed by atoms with Crippen molar-refractivity contribution in [2.45, 2.75) is 57.8 Å². The second-order valence-electron chi connectivity index (χ2n) is 4.79. The lowest BCUT2D eigenvalue weighted by Crippen LogP contribution is -2.43. The predicted octanol–water partition coefficient (Wildman–Crippen LogP) is 2.55. The van der Waals surface area contributed by atoms with Gasteiger partial charge in [-0.2, -0.15) is 0 Å². The molecule has 1 aliphatic carbocycles. The van der Waals surface area contributed by atoms with Gasteiger partial charge in [0.15, 0.2) is 6.29 Å². The van der Waals surface area contributed by atoms with Gasteiger partial charge in [0.2, 0.25) is 0 Å². The van der Waals surface area contributed by atoms with Crippen LogP contribution in [0, 0.1) is 5.92 Å². The van der Waals surface area contributed by atoms with Crippen LogP contribution in [0.1, 0.15) is 45.4 Å². The molecule has 0 amide bonds. The summed E-state index contributed by atoms with van der Waals surface area (Å²) in [6.07, 6.45) is 7.79. The summed E-state index contributed by atoms with van der Waals surface area (Å²) in [6, 6.07) is 0.345. The SMILES string of the molecule is CCCNC(CC1CCCC1)C(OC)OC. The summed E-state index contributed by atoms with van der Waals surface area (Å²) in [5.41, 5.74) is 0. The van der Waals surface area contributed by atoms with Crippen LogP contribution in [0.2, 0.25) is 0 Å². The molecule has 3 heteroatoms. The van der Waals surface area contributed by atoms with Gasteiger partial charge in [0, 0.05) is 14.2 Å². The first-order valence-electron chi connectivity index (χ1n) is 6.60. The highest BCUT2D eigenvalue weighted by Gasteiger charge is 2.25. The van der Waals surface area contributed by atoms with Crippen LogP contribution in [-0.2, 0) is 9.47 Å². The van der Waals surface area contributed by atoms with Crippen molar-refractivity contribution in [2.24, 2.45) is 5.92 Å². The maximum absolute atomic E-state index is 5.38. The van der Waals surface area contributed by atoms with Crippen molar-refractivity contribution in [2.75, 3.05) is 20.8 Å². The molecule has 1 rings (SSSR count). The summed E-state index contributed by atoms with van der Waals surface area (Å²) in [7, 11) is 3.45. The van der Waals surface area contributed by atoms with Crippen molar-refractivity contribution in [3.05, 3.63) is 0 Å². The molecule has 96 valence electrons. The summed E-state index contributed by atoms with van der Waals surface area (Å²) < 4.78 is 10.8. The van der Waals surface area contributed by atoms with E-state index in [-0.39, 0.29) is 6.29 Å². The molecule has 0 radical (unpaired) electrons. The Morgan fingerprint density at radius 2 is 1.81 bits per heavy atom. The molecule has 1 N–H and O–H groups in total. The Balaban J connectivity index is 2.40. The zero-order valence-corrected chi connectivity index (χ0v) is 11.0. The van der Waals surface area contributed by atoms with Gasteiger partial charge in [-0.1, -0.05) is 32.6 Å². The van der Waals surface area contributed by atoms with E-state index in [1.54, 1.807) is 14.2 Å². The van der Waals surface area contributed by atoms with E-state index in [1.807, 2.05) is 0 Å². The van der Waals surface area contributed by atoms with Gasteiger partial charge in [-0.15, -0.1) is 0 Å². The first-order chi connectivity index (χ1) is 7.81. The van der Waals surface area contributed by atoms with Crippen LogP contribution in [0.3, 0.4) is 0 Å². The molecule has 1 unspecified atom stereocenters. The van der Waals surface area contributed by atoms with Crippen LogP contribution in [0.4, 0.5) is 0 Å². The van der Waals surface area contributed by atoms with Crippen LogP contribution >= 0.6 is 0 Å². The number of ether oxygens (including phenoxy) is 2. The van der Waals surface area contributed by atoms with Crippen molar-refractivity contribution in [1.29, 1.82) is 0 Å². The number of methoxy groups -OCH3 is 2. The van der Waals surface area contributed by atoms with Gasteiger partial charge in [0.05, 0.1) is 6.04 Å². The van der Waals surface area contributed by atoms with Gasteiger partial charge in [-0.25, -0.2) is 0 Å². The predicted molar refractivity (Wildman–Crippen MR) is 66.5 cm³/mol. The van der Waals surface area contributed by atoms with Crippen LogP contribution in [0.15, 0.2) is 0 Å². The van der Waals surface area contributed by atoms with E-state index in [2.05, 4.69) is 12.2 Å². The van der Waals surface area contributed by atoms with Gasteiger partial charge in [-0.05, 0) is 25.3 Å². The lowest BCUT2D eigenvalue weighted by atomic mass is 9.98. The molecule has 3 nitrogen and oxygen atoms in total. The fraction of sp³-hybridized carbons (Fsp3) is 1.00. The molecule has 0 saturated heterocycles. The Morgan fingerprint density at radius 3 is 2.31 bits per heavy atom. The first kappa shape index (κ1) is 13.9. The zero-order chi connectivity index (χ0) is 11.8. The zero-order valence-electron chi connectivity index (χ0n) is 11.0. The molecular weight excluding hydrogens is 202 g/mol. The summed E-state index contributed by atoms with van der Waals surface area (Å²) in [6.45, 7) is 3.23. The Bertz CT molecular complexity index is 165. The van der Waals surface area contributed by atoms with Crippen molar-refractivity contribution in [3.8, 4) is 0 Å². The van der Waals surface area contributed by atoms with E-state index in [0.29, 0.717) is 6.04 Å². The average Bonchev–Trinajstić information content (AvgIpc) is 2.80. The number of hydrogen-bond acceptors (Lipinski definition) is 3. The quantitative estimate of drug-likeness (QED) is 0.649. The molecule has 0 aromatic rings. The average molecular weight is 229 g/mol. The summed E-state index contributed by atoms with van der Waals surface area (Å²) in [5, 5.41) is 3.55. The van der Waals surface area contributed by atoms with Gasteiger partial charge in [-0.3, -0.25) is 0 Å². The topological polar surface area (TPSA) is 30.5 Å². The maximum atomic E-state index is 5.38. The summed E-state index contributed by atoms with van der Waals surface area (Å²) in [4.78, 5) is 0. The number of nitrogens with one attached hydrogen (secondary N) is 1. The number of rotatable bonds is 8. The fourth-order valence-corrected chi connectivity index (χ4v) is 2.65. The molecule has 1 aliphatic rings.